The maximum Gasteiger partial charge on any atom is 0.263 e. The van der Waals surface area contributed by atoms with E-state index in [1.807, 2.05) is 18.4 Å². The van der Waals surface area contributed by atoms with Crippen molar-refractivity contribution in [2.45, 2.75) is 39.3 Å². The molecule has 35 heavy (non-hydrogen) atoms. The number of carbonyl (C=O) groups excluding carboxylic acids is 2. The fourth-order valence-electron chi connectivity index (χ4n) is 4.14. The van der Waals surface area contributed by atoms with E-state index in [1.165, 1.54) is 0 Å². The largest absolute Gasteiger partial charge is 0.484 e. The molecule has 1 N–H and O–H groups in total. The standard InChI is InChI=1S/C27H26ClN3O4/c1-17-18(2)31(15-23-4-3-13-34-23)27(24(17)14-29)30-25(32)16-35-22-11-7-20(8-12-22)26(33)19-5-9-21(28)10-6-19/h5-12,23H,3-4,13,15-16H2,1-2H3,(H,30,32). The van der Waals surface area contributed by atoms with Crippen LogP contribution in [0.15, 0.2) is 48.5 Å². The van der Waals surface area contributed by atoms with Crippen molar-refractivity contribution in [2.75, 3.05) is 18.5 Å². The van der Waals surface area contributed by atoms with E-state index in [0.717, 1.165) is 30.7 Å². The topological polar surface area (TPSA) is 93.4 Å². The van der Waals surface area contributed by atoms with Crippen LogP contribution in [0.2, 0.25) is 5.02 Å². The van der Waals surface area contributed by atoms with Gasteiger partial charge in [-0.05, 0) is 80.8 Å². The summed E-state index contributed by atoms with van der Waals surface area (Å²) in [6.07, 6.45) is 2.02. The quantitative estimate of drug-likeness (QED) is 0.445. The third-order valence-electron chi connectivity index (χ3n) is 6.20. The van der Waals surface area contributed by atoms with Crippen LogP contribution in [0, 0.1) is 25.2 Å². The predicted molar refractivity (Wildman–Crippen MR) is 133 cm³/mol. The molecule has 1 saturated heterocycles. The first kappa shape index (κ1) is 24.5. The molecular weight excluding hydrogens is 466 g/mol. The lowest BCUT2D eigenvalue weighted by atomic mass is 10.0. The summed E-state index contributed by atoms with van der Waals surface area (Å²) >= 11 is 5.88. The van der Waals surface area contributed by atoms with E-state index in [0.29, 0.717) is 39.8 Å². The van der Waals surface area contributed by atoms with Crippen LogP contribution in [0.3, 0.4) is 0 Å². The number of anilines is 1. The third kappa shape index (κ3) is 5.56. The zero-order valence-electron chi connectivity index (χ0n) is 19.6. The van der Waals surface area contributed by atoms with Crippen LogP contribution < -0.4 is 10.1 Å². The van der Waals surface area contributed by atoms with Crippen molar-refractivity contribution >= 4 is 29.1 Å². The Bertz CT molecular complexity index is 1270. The Morgan fingerprint density at radius 1 is 1.14 bits per heavy atom. The van der Waals surface area contributed by atoms with Crippen LogP contribution in [-0.4, -0.2) is 35.6 Å². The average molecular weight is 492 g/mol. The number of aromatic nitrogens is 1. The fraction of sp³-hybridized carbons (Fsp3) is 0.296. The van der Waals surface area contributed by atoms with E-state index in [1.54, 1.807) is 48.5 Å². The maximum absolute atomic E-state index is 12.7. The molecule has 0 saturated carbocycles. The average Bonchev–Trinajstić information content (AvgIpc) is 3.46. The Morgan fingerprint density at radius 2 is 1.80 bits per heavy atom. The number of hydrogen-bond donors (Lipinski definition) is 1. The number of ether oxygens (including phenoxy) is 2. The smallest absolute Gasteiger partial charge is 0.263 e. The molecule has 1 unspecified atom stereocenters. The van der Waals surface area contributed by atoms with Gasteiger partial charge in [0.25, 0.3) is 5.91 Å². The highest BCUT2D eigenvalue weighted by Crippen LogP contribution is 2.28. The maximum atomic E-state index is 12.7. The van der Waals surface area contributed by atoms with Crippen LogP contribution in [0.4, 0.5) is 5.82 Å². The minimum absolute atomic E-state index is 0.0630. The van der Waals surface area contributed by atoms with E-state index in [9.17, 15) is 14.9 Å². The number of carbonyl (C=O) groups is 2. The molecule has 1 aromatic heterocycles. The highest BCUT2D eigenvalue weighted by Gasteiger charge is 2.24. The Morgan fingerprint density at radius 3 is 2.40 bits per heavy atom. The van der Waals surface area contributed by atoms with Gasteiger partial charge >= 0.3 is 0 Å². The molecule has 3 aromatic rings. The molecule has 180 valence electrons. The Balaban J connectivity index is 1.40. The summed E-state index contributed by atoms with van der Waals surface area (Å²) < 4.78 is 13.3. The molecule has 2 heterocycles. The van der Waals surface area contributed by atoms with Gasteiger partial charge in [0.15, 0.2) is 12.4 Å². The van der Waals surface area contributed by atoms with Gasteiger partial charge in [-0.1, -0.05) is 11.6 Å². The summed E-state index contributed by atoms with van der Waals surface area (Å²) in [5.74, 6) is 0.410. The summed E-state index contributed by atoms with van der Waals surface area (Å²) in [4.78, 5) is 25.3. The number of nitriles is 1. The lowest BCUT2D eigenvalue weighted by molar-refractivity contribution is -0.118. The number of benzene rings is 2. The second-order valence-electron chi connectivity index (χ2n) is 8.49. The number of rotatable bonds is 8. The predicted octanol–water partition coefficient (Wildman–Crippen LogP) is 5.06. The second-order valence-corrected chi connectivity index (χ2v) is 8.93. The Kier molecular flexibility index (Phi) is 7.54. The number of halogens is 1. The molecule has 1 aliphatic heterocycles. The number of amides is 1. The molecule has 1 amide bonds. The van der Waals surface area contributed by atoms with E-state index < -0.39 is 0 Å². The first-order valence-electron chi connectivity index (χ1n) is 11.4. The van der Waals surface area contributed by atoms with Crippen LogP contribution in [0.1, 0.15) is 45.6 Å². The number of hydrogen-bond acceptors (Lipinski definition) is 5. The van der Waals surface area contributed by atoms with Gasteiger partial charge in [-0.25, -0.2) is 0 Å². The van der Waals surface area contributed by atoms with Crippen LogP contribution in [0.25, 0.3) is 0 Å². The minimum Gasteiger partial charge on any atom is -0.484 e. The van der Waals surface area contributed by atoms with E-state index >= 15 is 0 Å². The highest BCUT2D eigenvalue weighted by atomic mass is 35.5. The monoisotopic (exact) mass is 491 g/mol. The molecule has 0 radical (unpaired) electrons. The van der Waals surface area contributed by atoms with Gasteiger partial charge in [-0.15, -0.1) is 0 Å². The van der Waals surface area contributed by atoms with Crippen LogP contribution in [0.5, 0.6) is 5.75 Å². The Hall–Kier alpha value is -3.60. The lowest BCUT2D eigenvalue weighted by Crippen LogP contribution is -2.24. The molecule has 2 aromatic carbocycles. The van der Waals surface area contributed by atoms with Crippen molar-refractivity contribution in [1.29, 1.82) is 5.26 Å². The van der Waals surface area contributed by atoms with Gasteiger partial charge in [0.05, 0.1) is 18.2 Å². The third-order valence-corrected chi connectivity index (χ3v) is 6.45. The molecular formula is C27H26ClN3O4. The molecule has 1 atom stereocenters. The number of ketones is 1. The molecule has 0 spiro atoms. The van der Waals surface area contributed by atoms with Crippen LogP contribution >= 0.6 is 11.6 Å². The summed E-state index contributed by atoms with van der Waals surface area (Å²) in [7, 11) is 0. The van der Waals surface area contributed by atoms with Crippen molar-refractivity contribution in [3.05, 3.63) is 81.5 Å². The second kappa shape index (κ2) is 10.8. The van der Waals surface area contributed by atoms with Crippen molar-refractivity contribution < 1.29 is 19.1 Å². The van der Waals surface area contributed by atoms with Gasteiger partial charge in [0, 0.05) is 28.5 Å². The molecule has 8 heteroatoms. The summed E-state index contributed by atoms with van der Waals surface area (Å²) in [6.45, 7) is 4.88. The summed E-state index contributed by atoms with van der Waals surface area (Å²) in [6, 6.07) is 15.5. The summed E-state index contributed by atoms with van der Waals surface area (Å²) in [5.41, 5.74) is 3.24. The molecule has 7 nitrogen and oxygen atoms in total. The van der Waals surface area contributed by atoms with Gasteiger partial charge in [0.2, 0.25) is 0 Å². The molecule has 4 rings (SSSR count). The molecule has 1 fully saturated rings. The molecule has 0 aliphatic carbocycles. The minimum atomic E-state index is -0.381. The Labute approximate surface area is 209 Å². The zero-order valence-corrected chi connectivity index (χ0v) is 20.4. The summed E-state index contributed by atoms with van der Waals surface area (Å²) in [5, 5.41) is 13.1. The van der Waals surface area contributed by atoms with Crippen molar-refractivity contribution in [1.82, 2.24) is 4.57 Å². The SMILES string of the molecule is Cc1c(C#N)c(NC(=O)COc2ccc(C(=O)c3ccc(Cl)cc3)cc2)n(CC2CCCO2)c1C. The van der Waals surface area contributed by atoms with Crippen molar-refractivity contribution in [2.24, 2.45) is 0 Å². The van der Waals surface area contributed by atoms with Crippen LogP contribution in [-0.2, 0) is 16.1 Å². The van der Waals surface area contributed by atoms with Gasteiger partial charge < -0.3 is 19.4 Å². The molecule has 0 bridgehead atoms. The fourth-order valence-corrected chi connectivity index (χ4v) is 4.26. The highest BCUT2D eigenvalue weighted by molar-refractivity contribution is 6.30. The van der Waals surface area contributed by atoms with Gasteiger partial charge in [0.1, 0.15) is 17.6 Å². The number of nitrogens with one attached hydrogen (secondary N) is 1. The van der Waals surface area contributed by atoms with Crippen molar-refractivity contribution in [3.63, 3.8) is 0 Å². The normalized spacial score (nSPS) is 15.0. The van der Waals surface area contributed by atoms with E-state index in [4.69, 9.17) is 21.1 Å². The zero-order chi connectivity index (χ0) is 24.9. The molecule has 1 aliphatic rings. The van der Waals surface area contributed by atoms with E-state index in [2.05, 4.69) is 11.4 Å². The van der Waals surface area contributed by atoms with Gasteiger partial charge in [-0.2, -0.15) is 5.26 Å². The number of nitrogens with zero attached hydrogens (tertiary/aromatic N) is 2. The first-order valence-corrected chi connectivity index (χ1v) is 11.8. The van der Waals surface area contributed by atoms with E-state index in [-0.39, 0.29) is 24.4 Å². The van der Waals surface area contributed by atoms with Crippen molar-refractivity contribution in [3.8, 4) is 11.8 Å². The lowest BCUT2D eigenvalue weighted by Gasteiger charge is -2.17. The first-order chi connectivity index (χ1) is 16.9. The van der Waals surface area contributed by atoms with Gasteiger partial charge in [-0.3, -0.25) is 9.59 Å².